The molecular weight excluding hydrogens is 315 g/mol. The van der Waals surface area contributed by atoms with Crippen molar-refractivity contribution in [2.45, 2.75) is 13.1 Å². The molecule has 5 nitrogen and oxygen atoms in total. The number of nitrogens with two attached hydrogens (primary N) is 1. The summed E-state index contributed by atoms with van der Waals surface area (Å²) in [5.74, 6) is 0. The Hall–Kier alpha value is -1.39. The minimum atomic E-state index is -4.65. The fourth-order valence-electron chi connectivity index (χ4n) is 1.44. The van der Waals surface area contributed by atoms with Crippen LogP contribution in [0.25, 0.3) is 0 Å². The second kappa shape index (κ2) is 5.94. The zero-order chi connectivity index (χ0) is 15.6. The molecule has 0 atom stereocenters. The number of benzene rings is 1. The normalized spacial score (nSPS) is 12.2. The lowest BCUT2D eigenvalue weighted by Gasteiger charge is -2.15. The van der Waals surface area contributed by atoms with E-state index in [1.54, 1.807) is 13.0 Å². The summed E-state index contributed by atoms with van der Waals surface area (Å²) in [5.41, 5.74) is 6.36. The lowest BCUT2D eigenvalue weighted by Crippen LogP contribution is -2.37. The number of anilines is 1. The molecule has 0 heterocycles. The van der Waals surface area contributed by atoms with Crippen molar-refractivity contribution >= 4 is 33.1 Å². The average molecular weight is 327 g/mol. The number of halogens is 3. The smallest absolute Gasteiger partial charge is 0.389 e. The molecule has 0 bridgehead atoms. The Kier molecular flexibility index (Phi) is 4.95. The lowest BCUT2D eigenvalue weighted by molar-refractivity contribution is -0.121. The first-order valence-corrected chi connectivity index (χ1v) is 7.14. The predicted octanol–water partition coefficient (Wildman–Crippen LogP) is 1.44. The van der Waals surface area contributed by atoms with Crippen molar-refractivity contribution in [2.75, 3.05) is 11.3 Å². The molecule has 0 radical (unpaired) electrons. The van der Waals surface area contributed by atoms with E-state index in [-0.39, 0.29) is 16.2 Å². The van der Waals surface area contributed by atoms with Gasteiger partial charge in [0.1, 0.15) is 11.5 Å². The highest BCUT2D eigenvalue weighted by Crippen LogP contribution is 2.20. The van der Waals surface area contributed by atoms with Crippen molar-refractivity contribution in [1.29, 1.82) is 0 Å². The van der Waals surface area contributed by atoms with Crippen LogP contribution < -0.4 is 15.2 Å². The first-order chi connectivity index (χ1) is 9.02. The van der Waals surface area contributed by atoms with Crippen LogP contribution in [-0.2, 0) is 10.2 Å². The third-order valence-corrected chi connectivity index (χ3v) is 3.44. The Morgan fingerprint density at radius 3 is 2.50 bits per heavy atom. The fraction of sp³-hybridized carbons (Fsp3) is 0.300. The first kappa shape index (κ1) is 16.7. The number of thiocarbonyl (C=S) groups is 1. The molecule has 112 valence electrons. The molecule has 1 aromatic rings. The topological polar surface area (TPSA) is 84.2 Å². The monoisotopic (exact) mass is 327 g/mol. The maximum absolute atomic E-state index is 12.0. The van der Waals surface area contributed by atoms with Crippen LogP contribution in [0.2, 0.25) is 0 Å². The molecule has 0 aliphatic rings. The van der Waals surface area contributed by atoms with Crippen LogP contribution in [0.1, 0.15) is 11.1 Å². The van der Waals surface area contributed by atoms with Crippen LogP contribution in [-0.4, -0.2) is 26.1 Å². The summed E-state index contributed by atoms with van der Waals surface area (Å²) in [6.45, 7) is -0.0218. The van der Waals surface area contributed by atoms with Gasteiger partial charge in [0, 0.05) is 5.56 Å². The SMILES string of the molecule is Cc1cccc(NS(=O)(=O)NCC(F)(F)F)c1C(N)=S. The Bertz CT molecular complexity index is 615. The highest BCUT2D eigenvalue weighted by atomic mass is 32.2. The van der Waals surface area contributed by atoms with Gasteiger partial charge in [0.2, 0.25) is 0 Å². The van der Waals surface area contributed by atoms with Gasteiger partial charge < -0.3 is 5.73 Å². The maximum atomic E-state index is 12.0. The van der Waals surface area contributed by atoms with Crippen molar-refractivity contribution in [3.05, 3.63) is 29.3 Å². The van der Waals surface area contributed by atoms with Gasteiger partial charge in [-0.3, -0.25) is 4.72 Å². The lowest BCUT2D eigenvalue weighted by atomic mass is 10.1. The Balaban J connectivity index is 2.99. The Morgan fingerprint density at radius 1 is 1.40 bits per heavy atom. The first-order valence-electron chi connectivity index (χ1n) is 5.25. The van der Waals surface area contributed by atoms with Gasteiger partial charge in [-0.25, -0.2) is 0 Å². The standard InChI is InChI=1S/C10H12F3N3O2S2/c1-6-3-2-4-7(8(6)9(14)19)16-20(17,18)15-5-10(11,12)13/h2-4,15-16H,5H2,1H3,(H2,14,19). The van der Waals surface area contributed by atoms with Crippen LogP contribution in [0.4, 0.5) is 18.9 Å². The van der Waals surface area contributed by atoms with Gasteiger partial charge in [-0.15, -0.1) is 0 Å². The van der Waals surface area contributed by atoms with Gasteiger partial charge >= 0.3 is 6.18 Å². The molecule has 0 saturated heterocycles. The third kappa shape index (κ3) is 4.94. The molecule has 0 aliphatic heterocycles. The van der Waals surface area contributed by atoms with Crippen molar-refractivity contribution < 1.29 is 21.6 Å². The molecular formula is C10H12F3N3O2S2. The minimum absolute atomic E-state index is 0.0205. The zero-order valence-corrected chi connectivity index (χ0v) is 11.9. The van der Waals surface area contributed by atoms with Gasteiger partial charge in [0.25, 0.3) is 10.2 Å². The van der Waals surface area contributed by atoms with Crippen molar-refractivity contribution in [3.8, 4) is 0 Å². The molecule has 10 heteroatoms. The molecule has 0 fully saturated rings. The molecule has 0 aliphatic carbocycles. The van der Waals surface area contributed by atoms with E-state index < -0.39 is 22.9 Å². The van der Waals surface area contributed by atoms with Gasteiger partial charge in [-0.05, 0) is 18.6 Å². The third-order valence-electron chi connectivity index (χ3n) is 2.23. The molecule has 20 heavy (non-hydrogen) atoms. The van der Waals surface area contributed by atoms with E-state index in [2.05, 4.69) is 0 Å². The average Bonchev–Trinajstić information content (AvgIpc) is 2.24. The van der Waals surface area contributed by atoms with E-state index in [9.17, 15) is 21.6 Å². The van der Waals surface area contributed by atoms with E-state index in [1.807, 2.05) is 4.72 Å². The molecule has 0 aromatic heterocycles. The second-order valence-electron chi connectivity index (χ2n) is 3.90. The molecule has 0 unspecified atom stereocenters. The van der Waals surface area contributed by atoms with Crippen LogP contribution in [0.3, 0.4) is 0 Å². The van der Waals surface area contributed by atoms with Crippen molar-refractivity contribution in [1.82, 2.24) is 4.72 Å². The number of aryl methyl sites for hydroxylation is 1. The van der Waals surface area contributed by atoms with E-state index in [0.717, 1.165) is 0 Å². The maximum Gasteiger partial charge on any atom is 0.402 e. The Morgan fingerprint density at radius 2 is 2.00 bits per heavy atom. The van der Waals surface area contributed by atoms with E-state index in [1.165, 1.54) is 16.9 Å². The predicted molar refractivity (Wildman–Crippen MR) is 73.7 cm³/mol. The summed E-state index contributed by atoms with van der Waals surface area (Å²) >= 11 is 4.79. The number of nitrogens with one attached hydrogen (secondary N) is 2. The molecule has 0 spiro atoms. The minimum Gasteiger partial charge on any atom is -0.389 e. The number of hydrogen-bond acceptors (Lipinski definition) is 3. The summed E-state index contributed by atoms with van der Waals surface area (Å²) in [5, 5.41) is 0. The van der Waals surface area contributed by atoms with E-state index in [0.29, 0.717) is 5.56 Å². The van der Waals surface area contributed by atoms with Crippen LogP contribution >= 0.6 is 12.2 Å². The molecule has 0 saturated carbocycles. The summed E-state index contributed by atoms with van der Waals surface area (Å²) in [6, 6.07) is 4.53. The highest BCUT2D eigenvalue weighted by Gasteiger charge is 2.29. The largest absolute Gasteiger partial charge is 0.402 e. The molecule has 1 aromatic carbocycles. The summed E-state index contributed by atoms with van der Waals surface area (Å²) in [7, 11) is -4.38. The molecule has 0 amide bonds. The van der Waals surface area contributed by atoms with E-state index in [4.69, 9.17) is 18.0 Å². The van der Waals surface area contributed by atoms with Gasteiger partial charge in [0.05, 0.1) is 5.69 Å². The van der Waals surface area contributed by atoms with Gasteiger partial charge in [-0.2, -0.15) is 26.3 Å². The molecule has 4 N–H and O–H groups in total. The Labute approximate surface area is 119 Å². The number of hydrogen-bond donors (Lipinski definition) is 3. The number of alkyl halides is 3. The summed E-state index contributed by atoms with van der Waals surface area (Å²) in [6.07, 6.45) is -4.65. The van der Waals surface area contributed by atoms with Crippen molar-refractivity contribution in [2.24, 2.45) is 5.73 Å². The zero-order valence-electron chi connectivity index (χ0n) is 10.3. The van der Waals surface area contributed by atoms with Gasteiger partial charge in [0.15, 0.2) is 0 Å². The van der Waals surface area contributed by atoms with Crippen LogP contribution in [0.15, 0.2) is 18.2 Å². The van der Waals surface area contributed by atoms with E-state index >= 15 is 0 Å². The second-order valence-corrected chi connectivity index (χ2v) is 5.84. The molecule has 1 rings (SSSR count). The highest BCUT2D eigenvalue weighted by molar-refractivity contribution is 7.90. The fourth-order valence-corrected chi connectivity index (χ4v) is 2.59. The number of rotatable bonds is 5. The summed E-state index contributed by atoms with van der Waals surface area (Å²) < 4.78 is 62.4. The summed E-state index contributed by atoms with van der Waals surface area (Å²) in [4.78, 5) is -0.0587. The van der Waals surface area contributed by atoms with Gasteiger partial charge in [-0.1, -0.05) is 24.4 Å². The van der Waals surface area contributed by atoms with Crippen LogP contribution in [0.5, 0.6) is 0 Å². The quantitative estimate of drug-likeness (QED) is 0.715. The van der Waals surface area contributed by atoms with Crippen LogP contribution in [0, 0.1) is 6.92 Å². The van der Waals surface area contributed by atoms with Crippen molar-refractivity contribution in [3.63, 3.8) is 0 Å².